The number of imide groups is 1. The smallest absolute Gasteiger partial charge is 0.312 e. The van der Waals surface area contributed by atoms with Gasteiger partial charge in [-0.25, -0.2) is 4.79 Å². The molecule has 2 saturated heterocycles. The Hall–Kier alpha value is -1.06. The van der Waals surface area contributed by atoms with Crippen LogP contribution in [0.25, 0.3) is 0 Å². The Kier molecular flexibility index (Phi) is 1.57. The molecular weight excluding hydrogens is 204 g/mol. The average molecular weight is 220 g/mol. The van der Waals surface area contributed by atoms with Gasteiger partial charge in [-0.2, -0.15) is 0 Å². The number of hydrogen-bond acceptors (Lipinski definition) is 2. The summed E-state index contributed by atoms with van der Waals surface area (Å²) in [7, 11) is 0. The summed E-state index contributed by atoms with van der Waals surface area (Å²) in [5.74, 6) is 1.20. The molecule has 2 saturated carbocycles. The van der Waals surface area contributed by atoms with Crippen LogP contribution in [0.15, 0.2) is 0 Å². The molecule has 3 atom stereocenters. The molecule has 4 aliphatic rings. The summed E-state index contributed by atoms with van der Waals surface area (Å²) in [6.45, 7) is 0.836. The number of hydrogen-bond donors (Lipinski definition) is 0. The van der Waals surface area contributed by atoms with E-state index in [2.05, 4.69) is 0 Å². The van der Waals surface area contributed by atoms with Crippen molar-refractivity contribution in [3.63, 3.8) is 0 Å². The molecule has 2 aliphatic heterocycles. The van der Waals surface area contributed by atoms with Gasteiger partial charge >= 0.3 is 6.03 Å². The van der Waals surface area contributed by atoms with Gasteiger partial charge in [-0.05, 0) is 37.5 Å². The van der Waals surface area contributed by atoms with Crippen molar-refractivity contribution in [1.29, 1.82) is 0 Å². The minimum atomic E-state index is -0.0828. The van der Waals surface area contributed by atoms with Crippen LogP contribution in [0, 0.1) is 11.8 Å². The molecule has 0 N–H and O–H groups in total. The summed E-state index contributed by atoms with van der Waals surface area (Å²) in [4.78, 5) is 27.8. The van der Waals surface area contributed by atoms with E-state index < -0.39 is 0 Å². The van der Waals surface area contributed by atoms with Crippen molar-refractivity contribution in [2.75, 3.05) is 6.54 Å². The summed E-state index contributed by atoms with van der Waals surface area (Å²) < 4.78 is 0. The Morgan fingerprint density at radius 1 is 1.06 bits per heavy atom. The van der Waals surface area contributed by atoms with Crippen molar-refractivity contribution in [1.82, 2.24) is 9.80 Å². The van der Waals surface area contributed by atoms with E-state index in [1.54, 1.807) is 4.90 Å². The number of carbonyl (C=O) groups excluding carboxylic acids is 2. The second kappa shape index (κ2) is 2.79. The lowest BCUT2D eigenvalue weighted by Crippen LogP contribution is -2.36. The fraction of sp³-hybridized carbons (Fsp3) is 0.833. The summed E-state index contributed by atoms with van der Waals surface area (Å²) >= 11 is 0. The van der Waals surface area contributed by atoms with Crippen LogP contribution in [0.1, 0.15) is 32.1 Å². The van der Waals surface area contributed by atoms with E-state index in [0.717, 1.165) is 25.8 Å². The third kappa shape index (κ3) is 0.955. The van der Waals surface area contributed by atoms with E-state index in [-0.39, 0.29) is 24.0 Å². The number of fused-ring (bicyclic) bond motifs is 3. The zero-order valence-corrected chi connectivity index (χ0v) is 9.26. The van der Waals surface area contributed by atoms with E-state index in [1.807, 2.05) is 4.90 Å². The van der Waals surface area contributed by atoms with Gasteiger partial charge in [0.25, 0.3) is 5.91 Å². The first-order valence-electron chi connectivity index (χ1n) is 6.41. The fourth-order valence-corrected chi connectivity index (χ4v) is 3.86. The Bertz CT molecular complexity index is 377. The van der Waals surface area contributed by atoms with Crippen LogP contribution in [-0.4, -0.2) is 40.4 Å². The van der Waals surface area contributed by atoms with Crippen LogP contribution in [0.2, 0.25) is 0 Å². The number of nitrogens with zero attached hydrogens (tertiary/aromatic N) is 2. The molecule has 0 aromatic carbocycles. The molecule has 2 heterocycles. The monoisotopic (exact) mass is 220 g/mol. The molecule has 0 spiro atoms. The molecule has 0 aromatic heterocycles. The van der Waals surface area contributed by atoms with Crippen LogP contribution < -0.4 is 0 Å². The van der Waals surface area contributed by atoms with Gasteiger partial charge < -0.3 is 4.90 Å². The van der Waals surface area contributed by atoms with Gasteiger partial charge in [0, 0.05) is 12.6 Å². The van der Waals surface area contributed by atoms with Gasteiger partial charge in [-0.3, -0.25) is 9.69 Å². The highest BCUT2D eigenvalue weighted by molar-refractivity contribution is 6.05. The molecule has 86 valence electrons. The Labute approximate surface area is 94.6 Å². The average Bonchev–Trinajstić information content (AvgIpc) is 2.79. The molecule has 0 radical (unpaired) electrons. The van der Waals surface area contributed by atoms with Gasteiger partial charge in [0.1, 0.15) is 6.04 Å². The molecular formula is C12H16N2O2. The van der Waals surface area contributed by atoms with Gasteiger partial charge in [0.15, 0.2) is 0 Å². The lowest BCUT2D eigenvalue weighted by molar-refractivity contribution is -0.129. The highest BCUT2D eigenvalue weighted by atomic mass is 16.2. The fourth-order valence-electron chi connectivity index (χ4n) is 3.86. The summed E-state index contributed by atoms with van der Waals surface area (Å²) in [5.41, 5.74) is 0. The largest absolute Gasteiger partial charge is 0.327 e. The zero-order chi connectivity index (χ0) is 10.9. The van der Waals surface area contributed by atoms with Crippen LogP contribution in [0.4, 0.5) is 4.79 Å². The number of amides is 3. The van der Waals surface area contributed by atoms with Crippen LogP contribution in [0.3, 0.4) is 0 Å². The maximum Gasteiger partial charge on any atom is 0.327 e. The molecule has 0 bridgehead atoms. The molecule has 4 rings (SSSR count). The highest BCUT2D eigenvalue weighted by Gasteiger charge is 2.59. The second-order valence-electron chi connectivity index (χ2n) is 5.67. The van der Waals surface area contributed by atoms with Gasteiger partial charge in [-0.1, -0.05) is 6.42 Å². The van der Waals surface area contributed by atoms with Crippen molar-refractivity contribution < 1.29 is 9.59 Å². The standard InChI is InChI=1S/C12H16N2O2/c15-11-10-9-3-1-2-7(9)6-13(10)12(16)14(11)8-4-5-8/h7-10H,1-6H2. The summed E-state index contributed by atoms with van der Waals surface area (Å²) in [6, 6.07) is 0.165. The van der Waals surface area contributed by atoms with Gasteiger partial charge in [0.2, 0.25) is 0 Å². The second-order valence-corrected chi connectivity index (χ2v) is 5.67. The third-order valence-electron chi connectivity index (χ3n) is 4.74. The van der Waals surface area contributed by atoms with Crippen molar-refractivity contribution in [3.8, 4) is 0 Å². The zero-order valence-electron chi connectivity index (χ0n) is 9.26. The lowest BCUT2D eigenvalue weighted by Gasteiger charge is -2.16. The maximum absolute atomic E-state index is 12.3. The molecule has 3 unspecified atom stereocenters. The van der Waals surface area contributed by atoms with Crippen molar-refractivity contribution in [3.05, 3.63) is 0 Å². The summed E-state index contributed by atoms with van der Waals surface area (Å²) in [5, 5.41) is 0. The number of urea groups is 1. The van der Waals surface area contributed by atoms with E-state index in [1.165, 1.54) is 12.8 Å². The first-order valence-corrected chi connectivity index (χ1v) is 6.41. The van der Waals surface area contributed by atoms with Gasteiger partial charge in [-0.15, -0.1) is 0 Å². The normalized spacial score (nSPS) is 41.9. The quantitative estimate of drug-likeness (QED) is 0.623. The van der Waals surface area contributed by atoms with Crippen molar-refractivity contribution in [2.24, 2.45) is 11.8 Å². The molecule has 16 heavy (non-hydrogen) atoms. The SMILES string of the molecule is O=C1C2C3CCCC3CN2C(=O)N1C1CC1. The van der Waals surface area contributed by atoms with E-state index >= 15 is 0 Å². The van der Waals surface area contributed by atoms with Gasteiger partial charge in [0.05, 0.1) is 0 Å². The minimum absolute atomic E-state index is 0.00639. The molecule has 2 aliphatic carbocycles. The Morgan fingerprint density at radius 2 is 1.88 bits per heavy atom. The molecule has 4 heteroatoms. The topological polar surface area (TPSA) is 40.6 Å². The first-order chi connectivity index (χ1) is 7.77. The van der Waals surface area contributed by atoms with Crippen molar-refractivity contribution >= 4 is 11.9 Å². The third-order valence-corrected chi connectivity index (χ3v) is 4.74. The minimum Gasteiger partial charge on any atom is -0.312 e. The predicted molar refractivity (Wildman–Crippen MR) is 56.6 cm³/mol. The Morgan fingerprint density at radius 3 is 2.62 bits per heavy atom. The Balaban J connectivity index is 1.68. The predicted octanol–water partition coefficient (Wildman–Crippen LogP) is 1.21. The molecule has 4 nitrogen and oxygen atoms in total. The van der Waals surface area contributed by atoms with E-state index in [4.69, 9.17) is 0 Å². The number of carbonyl (C=O) groups is 2. The van der Waals surface area contributed by atoms with Crippen LogP contribution in [0.5, 0.6) is 0 Å². The highest BCUT2D eigenvalue weighted by Crippen LogP contribution is 2.47. The maximum atomic E-state index is 12.3. The molecule has 0 aromatic rings. The lowest BCUT2D eigenvalue weighted by atomic mass is 9.93. The molecule has 3 amide bonds. The van der Waals surface area contributed by atoms with Crippen molar-refractivity contribution in [2.45, 2.75) is 44.2 Å². The van der Waals surface area contributed by atoms with E-state index in [0.29, 0.717) is 11.8 Å². The first kappa shape index (κ1) is 9.02. The van der Waals surface area contributed by atoms with E-state index in [9.17, 15) is 9.59 Å². The molecule has 4 fully saturated rings. The van der Waals surface area contributed by atoms with Crippen LogP contribution >= 0.6 is 0 Å². The number of rotatable bonds is 1. The summed E-state index contributed by atoms with van der Waals surface area (Å²) in [6.07, 6.45) is 5.63. The van der Waals surface area contributed by atoms with Crippen LogP contribution in [-0.2, 0) is 4.79 Å².